The summed E-state index contributed by atoms with van der Waals surface area (Å²) in [7, 11) is 0. The summed E-state index contributed by atoms with van der Waals surface area (Å²) >= 11 is 6.05. The number of likely N-dealkylation sites (tertiary alicyclic amines) is 1. The first-order chi connectivity index (χ1) is 11.1. The van der Waals surface area contributed by atoms with Gasteiger partial charge in [0.15, 0.2) is 0 Å². The van der Waals surface area contributed by atoms with Crippen LogP contribution in [0.4, 0.5) is 0 Å². The van der Waals surface area contributed by atoms with E-state index in [1.165, 1.54) is 6.08 Å². The Morgan fingerprint density at radius 3 is 2.70 bits per heavy atom. The quantitative estimate of drug-likeness (QED) is 0.861. The predicted molar refractivity (Wildman–Crippen MR) is 88.5 cm³/mol. The maximum absolute atomic E-state index is 12.2. The lowest BCUT2D eigenvalue weighted by molar-refractivity contribution is -0.127. The molecule has 0 spiro atoms. The van der Waals surface area contributed by atoms with Crippen LogP contribution in [0.2, 0.25) is 5.02 Å². The number of nitrogens with zero attached hydrogens (tertiary/aromatic N) is 2. The first kappa shape index (κ1) is 17.0. The summed E-state index contributed by atoms with van der Waals surface area (Å²) in [6.07, 6.45) is 4.51. The van der Waals surface area contributed by atoms with Gasteiger partial charge in [-0.25, -0.2) is 0 Å². The van der Waals surface area contributed by atoms with Crippen molar-refractivity contribution in [1.29, 1.82) is 5.26 Å². The fourth-order valence-corrected chi connectivity index (χ4v) is 2.67. The van der Waals surface area contributed by atoms with Gasteiger partial charge in [0.25, 0.3) is 0 Å². The van der Waals surface area contributed by atoms with Gasteiger partial charge in [-0.15, -0.1) is 0 Å². The van der Waals surface area contributed by atoms with Crippen molar-refractivity contribution in [3.8, 4) is 6.07 Å². The number of carbonyl (C=O) groups is 2. The van der Waals surface area contributed by atoms with E-state index in [9.17, 15) is 9.59 Å². The Bertz CT molecular complexity index is 643. The summed E-state index contributed by atoms with van der Waals surface area (Å²) in [5, 5.41) is 11.9. The lowest BCUT2D eigenvalue weighted by atomic mass is 10.0. The maximum Gasteiger partial charge on any atom is 0.246 e. The van der Waals surface area contributed by atoms with Crippen LogP contribution in [0.15, 0.2) is 30.3 Å². The lowest BCUT2D eigenvalue weighted by Crippen LogP contribution is -2.46. The van der Waals surface area contributed by atoms with Crippen molar-refractivity contribution < 1.29 is 9.59 Å². The minimum Gasteiger partial charge on any atom is -0.352 e. The Morgan fingerprint density at radius 2 is 2.04 bits per heavy atom. The predicted octanol–water partition coefficient (Wildman–Crippen LogP) is 2.37. The molecule has 1 aromatic rings. The Morgan fingerprint density at radius 1 is 1.35 bits per heavy atom. The molecule has 120 valence electrons. The molecule has 5 nitrogen and oxygen atoms in total. The van der Waals surface area contributed by atoms with Crippen LogP contribution in [0.1, 0.15) is 24.8 Å². The number of benzene rings is 1. The van der Waals surface area contributed by atoms with Crippen molar-refractivity contribution >= 4 is 29.5 Å². The highest BCUT2D eigenvalue weighted by Crippen LogP contribution is 2.17. The second-order valence-corrected chi connectivity index (χ2v) is 5.76. The Balaban J connectivity index is 1.83. The molecule has 1 fully saturated rings. The number of piperidine rings is 1. The summed E-state index contributed by atoms with van der Waals surface area (Å²) in [6.45, 7) is 1.17. The van der Waals surface area contributed by atoms with E-state index in [4.69, 9.17) is 16.9 Å². The highest BCUT2D eigenvalue weighted by atomic mass is 35.5. The summed E-state index contributed by atoms with van der Waals surface area (Å²) in [5.41, 5.74) is 0.807. The second-order valence-electron chi connectivity index (χ2n) is 5.36. The van der Waals surface area contributed by atoms with Crippen LogP contribution in [0.25, 0.3) is 6.08 Å². The number of hydrogen-bond donors (Lipinski definition) is 1. The third kappa shape index (κ3) is 5.11. The van der Waals surface area contributed by atoms with Gasteiger partial charge in [0.1, 0.15) is 6.42 Å². The van der Waals surface area contributed by atoms with Crippen molar-refractivity contribution in [2.75, 3.05) is 13.1 Å². The first-order valence-corrected chi connectivity index (χ1v) is 7.86. The van der Waals surface area contributed by atoms with Crippen LogP contribution in [0, 0.1) is 11.3 Å². The molecule has 2 amide bonds. The van der Waals surface area contributed by atoms with Gasteiger partial charge in [0.05, 0.1) is 6.07 Å². The van der Waals surface area contributed by atoms with Gasteiger partial charge < -0.3 is 10.2 Å². The molecule has 1 aliphatic heterocycles. The van der Waals surface area contributed by atoms with Crippen LogP contribution in [0.5, 0.6) is 0 Å². The molecule has 1 saturated heterocycles. The second kappa shape index (κ2) is 8.35. The minimum absolute atomic E-state index is 0.0347. The van der Waals surface area contributed by atoms with E-state index in [-0.39, 0.29) is 24.3 Å². The van der Waals surface area contributed by atoms with Crippen molar-refractivity contribution in [1.82, 2.24) is 10.2 Å². The SMILES string of the molecule is N#CCC(=O)NC1CCN(C(=O)/C=C/c2ccccc2Cl)CC1. The number of amides is 2. The zero-order valence-corrected chi connectivity index (χ0v) is 13.4. The monoisotopic (exact) mass is 331 g/mol. The van der Waals surface area contributed by atoms with Gasteiger partial charge in [0.2, 0.25) is 11.8 Å². The summed E-state index contributed by atoms with van der Waals surface area (Å²) in [5.74, 6) is -0.317. The fourth-order valence-electron chi connectivity index (χ4n) is 2.47. The lowest BCUT2D eigenvalue weighted by Gasteiger charge is -2.31. The number of nitrogens with one attached hydrogen (secondary N) is 1. The van der Waals surface area contributed by atoms with Gasteiger partial charge in [-0.05, 0) is 30.5 Å². The average molecular weight is 332 g/mol. The number of hydrogen-bond acceptors (Lipinski definition) is 3. The molecule has 2 rings (SSSR count). The zero-order chi connectivity index (χ0) is 16.7. The summed E-state index contributed by atoms with van der Waals surface area (Å²) in [6, 6.07) is 9.19. The number of halogens is 1. The number of carbonyl (C=O) groups excluding carboxylic acids is 2. The molecule has 0 bridgehead atoms. The largest absolute Gasteiger partial charge is 0.352 e. The van der Waals surface area contributed by atoms with Gasteiger partial charge in [-0.1, -0.05) is 29.8 Å². The molecule has 23 heavy (non-hydrogen) atoms. The highest BCUT2D eigenvalue weighted by Gasteiger charge is 2.22. The van der Waals surface area contributed by atoms with Crippen LogP contribution in [-0.4, -0.2) is 35.8 Å². The Labute approximate surface area is 140 Å². The van der Waals surface area contributed by atoms with Crippen LogP contribution >= 0.6 is 11.6 Å². The first-order valence-electron chi connectivity index (χ1n) is 7.48. The third-order valence-corrected chi connectivity index (χ3v) is 4.07. The van der Waals surface area contributed by atoms with Gasteiger partial charge >= 0.3 is 0 Å². The Hall–Kier alpha value is -2.32. The zero-order valence-electron chi connectivity index (χ0n) is 12.7. The van der Waals surface area contributed by atoms with Crippen LogP contribution in [-0.2, 0) is 9.59 Å². The minimum atomic E-state index is -0.254. The van der Waals surface area contributed by atoms with Gasteiger partial charge in [-0.2, -0.15) is 5.26 Å². The third-order valence-electron chi connectivity index (χ3n) is 3.72. The number of nitriles is 1. The Kier molecular flexibility index (Phi) is 6.19. The van der Waals surface area contributed by atoms with E-state index in [2.05, 4.69) is 5.32 Å². The maximum atomic E-state index is 12.2. The molecule has 0 saturated carbocycles. The molecule has 0 atom stereocenters. The summed E-state index contributed by atoms with van der Waals surface area (Å²) < 4.78 is 0. The van der Waals surface area contributed by atoms with Crippen LogP contribution in [0.3, 0.4) is 0 Å². The molecule has 1 N–H and O–H groups in total. The molecule has 0 radical (unpaired) electrons. The molecule has 0 aromatic heterocycles. The van der Waals surface area contributed by atoms with E-state index in [1.54, 1.807) is 17.0 Å². The van der Waals surface area contributed by atoms with E-state index in [0.717, 1.165) is 5.56 Å². The molecule has 1 aliphatic rings. The van der Waals surface area contributed by atoms with E-state index in [0.29, 0.717) is 31.0 Å². The summed E-state index contributed by atoms with van der Waals surface area (Å²) in [4.78, 5) is 25.3. The molecular weight excluding hydrogens is 314 g/mol. The van der Waals surface area contributed by atoms with E-state index >= 15 is 0 Å². The van der Waals surface area contributed by atoms with Gasteiger partial charge in [0, 0.05) is 30.2 Å². The van der Waals surface area contributed by atoms with Crippen molar-refractivity contribution in [2.24, 2.45) is 0 Å². The van der Waals surface area contributed by atoms with Gasteiger partial charge in [-0.3, -0.25) is 9.59 Å². The molecule has 0 unspecified atom stereocenters. The van der Waals surface area contributed by atoms with E-state index in [1.807, 2.05) is 24.3 Å². The highest BCUT2D eigenvalue weighted by molar-refractivity contribution is 6.32. The average Bonchev–Trinajstić information content (AvgIpc) is 2.55. The normalized spacial score (nSPS) is 15.4. The fraction of sp³-hybridized carbons (Fsp3) is 0.353. The molecule has 6 heteroatoms. The van der Waals surface area contributed by atoms with Crippen molar-refractivity contribution in [3.05, 3.63) is 40.9 Å². The smallest absolute Gasteiger partial charge is 0.246 e. The van der Waals surface area contributed by atoms with Crippen molar-refractivity contribution in [2.45, 2.75) is 25.3 Å². The molecule has 1 heterocycles. The number of rotatable bonds is 4. The topological polar surface area (TPSA) is 73.2 Å². The van der Waals surface area contributed by atoms with Crippen LogP contribution < -0.4 is 5.32 Å². The molecule has 0 aliphatic carbocycles. The standard InChI is InChI=1S/C17H18ClN3O2/c18-15-4-2-1-3-13(15)5-6-17(23)21-11-8-14(9-12-21)20-16(22)7-10-19/h1-6,14H,7-9,11-12H2,(H,20,22)/b6-5+. The molecule has 1 aromatic carbocycles. The molecular formula is C17H18ClN3O2. The van der Waals surface area contributed by atoms with E-state index < -0.39 is 0 Å². The van der Waals surface area contributed by atoms with Crippen molar-refractivity contribution in [3.63, 3.8) is 0 Å².